The molecule has 0 aliphatic heterocycles. The maximum Gasteiger partial charge on any atom is 0.698 e. The van der Waals surface area contributed by atoms with Crippen molar-refractivity contribution < 1.29 is 23.1 Å². The number of aromatic nitrogens is 2. The normalized spacial score (nSPS) is 10.6. The molecule has 0 spiro atoms. The highest BCUT2D eigenvalue weighted by Crippen LogP contribution is 2.31. The van der Waals surface area contributed by atoms with E-state index in [1.807, 2.05) is 26.0 Å². The van der Waals surface area contributed by atoms with Gasteiger partial charge >= 0.3 is 8.25 Å². The molecule has 2 rings (SSSR count). The maximum absolute atomic E-state index is 12.1. The summed E-state index contributed by atoms with van der Waals surface area (Å²) < 4.78 is 35.5. The molecule has 0 saturated heterocycles. The fourth-order valence-electron chi connectivity index (χ4n) is 1.96. The van der Waals surface area contributed by atoms with E-state index in [1.165, 1.54) is 0 Å². The quantitative estimate of drug-likeness (QED) is 0.283. The lowest BCUT2D eigenvalue weighted by molar-refractivity contribution is 0.205. The van der Waals surface area contributed by atoms with E-state index in [1.54, 1.807) is 12.4 Å². The van der Waals surface area contributed by atoms with E-state index in [9.17, 15) is 4.57 Å². The standard InChI is InChI=1S/C16H18I2N2O5P/c1-3-22-15-11(5-13(17)7-19-15)9-24-26(21)25-10-12-6-14(18)8-20-16(12)23-4-2/h5-8H,3-4,9-10H2,1-2H3/q+1. The highest BCUT2D eigenvalue weighted by atomic mass is 127. The Bertz CT molecular complexity index is 702. The Balaban J connectivity index is 1.94. The van der Waals surface area contributed by atoms with Gasteiger partial charge in [-0.05, 0) is 71.2 Å². The first-order valence-electron chi connectivity index (χ1n) is 7.81. The third-order valence-electron chi connectivity index (χ3n) is 3.00. The van der Waals surface area contributed by atoms with E-state index in [4.69, 9.17) is 18.5 Å². The van der Waals surface area contributed by atoms with Crippen molar-refractivity contribution in [2.24, 2.45) is 0 Å². The maximum atomic E-state index is 12.1. The summed E-state index contributed by atoms with van der Waals surface area (Å²) in [7, 11) is -2.31. The van der Waals surface area contributed by atoms with Gasteiger partial charge in [0, 0.05) is 35.2 Å². The number of pyridine rings is 2. The highest BCUT2D eigenvalue weighted by Gasteiger charge is 2.23. The second-order valence-electron chi connectivity index (χ2n) is 4.87. The van der Waals surface area contributed by atoms with Gasteiger partial charge in [0.1, 0.15) is 13.2 Å². The average molecular weight is 603 g/mol. The molecule has 0 aliphatic rings. The van der Waals surface area contributed by atoms with Crippen LogP contribution in [0, 0.1) is 7.14 Å². The van der Waals surface area contributed by atoms with Gasteiger partial charge in [0.25, 0.3) is 0 Å². The van der Waals surface area contributed by atoms with Crippen molar-refractivity contribution in [1.82, 2.24) is 9.97 Å². The van der Waals surface area contributed by atoms with Crippen LogP contribution in [0.2, 0.25) is 0 Å². The Morgan fingerprint density at radius 2 is 1.31 bits per heavy atom. The molecule has 0 aromatic carbocycles. The van der Waals surface area contributed by atoms with Gasteiger partial charge in [-0.15, -0.1) is 9.05 Å². The van der Waals surface area contributed by atoms with Crippen molar-refractivity contribution >= 4 is 53.4 Å². The molecule has 0 aliphatic carbocycles. The zero-order valence-electron chi connectivity index (χ0n) is 14.3. The van der Waals surface area contributed by atoms with E-state index in [0.29, 0.717) is 25.0 Å². The van der Waals surface area contributed by atoms with Crippen LogP contribution < -0.4 is 9.47 Å². The third kappa shape index (κ3) is 6.84. The first kappa shape index (κ1) is 21.7. The predicted molar refractivity (Wildman–Crippen MR) is 113 cm³/mol. The van der Waals surface area contributed by atoms with Crippen LogP contribution in [0.25, 0.3) is 0 Å². The minimum atomic E-state index is -2.31. The summed E-state index contributed by atoms with van der Waals surface area (Å²) in [6.45, 7) is 4.89. The van der Waals surface area contributed by atoms with E-state index < -0.39 is 8.25 Å². The van der Waals surface area contributed by atoms with Crippen LogP contribution in [0.3, 0.4) is 0 Å². The number of rotatable bonds is 10. The molecule has 140 valence electrons. The van der Waals surface area contributed by atoms with Gasteiger partial charge in [-0.1, -0.05) is 0 Å². The Morgan fingerprint density at radius 3 is 1.69 bits per heavy atom. The third-order valence-corrected chi connectivity index (χ3v) is 4.86. The SMILES string of the molecule is CCOc1ncc(I)cc1CO[P+](=O)OCc1cc(I)cnc1OCC. The molecular weight excluding hydrogens is 585 g/mol. The van der Waals surface area contributed by atoms with Gasteiger partial charge in [0.15, 0.2) is 0 Å². The summed E-state index contributed by atoms with van der Waals surface area (Å²) in [4.78, 5) is 8.42. The molecule has 0 bridgehead atoms. The zero-order valence-corrected chi connectivity index (χ0v) is 19.5. The van der Waals surface area contributed by atoms with Crippen LogP contribution in [0.5, 0.6) is 11.8 Å². The van der Waals surface area contributed by atoms with E-state index in [0.717, 1.165) is 18.3 Å². The summed E-state index contributed by atoms with van der Waals surface area (Å²) in [6, 6.07) is 3.75. The van der Waals surface area contributed by atoms with Crippen LogP contribution in [-0.4, -0.2) is 23.2 Å². The van der Waals surface area contributed by atoms with Crippen molar-refractivity contribution in [2.75, 3.05) is 13.2 Å². The molecule has 2 aromatic rings. The van der Waals surface area contributed by atoms with Gasteiger partial charge in [0.2, 0.25) is 11.8 Å². The van der Waals surface area contributed by atoms with Gasteiger partial charge in [-0.25, -0.2) is 9.97 Å². The summed E-state index contributed by atoms with van der Waals surface area (Å²) >= 11 is 4.29. The minimum absolute atomic E-state index is 0.0806. The van der Waals surface area contributed by atoms with Crippen LogP contribution in [0.15, 0.2) is 24.5 Å². The molecule has 26 heavy (non-hydrogen) atoms. The van der Waals surface area contributed by atoms with Crippen LogP contribution in [0.4, 0.5) is 0 Å². The predicted octanol–water partition coefficient (Wildman–Crippen LogP) is 4.87. The van der Waals surface area contributed by atoms with Crippen molar-refractivity contribution in [3.63, 3.8) is 0 Å². The summed E-state index contributed by atoms with van der Waals surface area (Å²) in [6.07, 6.45) is 3.40. The zero-order chi connectivity index (χ0) is 18.9. The topological polar surface area (TPSA) is 79.8 Å². The van der Waals surface area contributed by atoms with Gasteiger partial charge in [-0.3, -0.25) is 0 Å². The average Bonchev–Trinajstić information content (AvgIpc) is 2.62. The smallest absolute Gasteiger partial charge is 0.478 e. The summed E-state index contributed by atoms with van der Waals surface area (Å²) in [5.74, 6) is 0.938. The second-order valence-corrected chi connectivity index (χ2v) is 8.33. The van der Waals surface area contributed by atoms with Crippen molar-refractivity contribution in [2.45, 2.75) is 27.1 Å². The van der Waals surface area contributed by atoms with Crippen molar-refractivity contribution in [3.05, 3.63) is 42.8 Å². The monoisotopic (exact) mass is 603 g/mol. The number of nitrogens with zero attached hydrogens (tertiary/aromatic N) is 2. The van der Waals surface area contributed by atoms with Gasteiger partial charge in [0.05, 0.1) is 13.2 Å². The molecule has 0 saturated carbocycles. The lowest BCUT2D eigenvalue weighted by Gasteiger charge is -2.07. The Hall–Kier alpha value is -0.620. The number of ether oxygens (including phenoxy) is 2. The summed E-state index contributed by atoms with van der Waals surface area (Å²) in [5, 5.41) is 0. The van der Waals surface area contributed by atoms with Crippen LogP contribution in [0.1, 0.15) is 25.0 Å². The van der Waals surface area contributed by atoms with E-state index in [-0.39, 0.29) is 13.2 Å². The molecule has 2 aromatic heterocycles. The molecule has 0 amide bonds. The Morgan fingerprint density at radius 1 is 0.885 bits per heavy atom. The highest BCUT2D eigenvalue weighted by molar-refractivity contribution is 14.1. The molecule has 0 N–H and O–H groups in total. The molecule has 7 nitrogen and oxygen atoms in total. The summed E-state index contributed by atoms with van der Waals surface area (Å²) in [5.41, 5.74) is 1.44. The molecule has 0 unspecified atom stereocenters. The van der Waals surface area contributed by atoms with Crippen molar-refractivity contribution in [1.29, 1.82) is 0 Å². The lowest BCUT2D eigenvalue weighted by atomic mass is 10.3. The molecule has 0 fully saturated rings. The van der Waals surface area contributed by atoms with Crippen LogP contribution >= 0.6 is 53.4 Å². The largest absolute Gasteiger partial charge is 0.698 e. The number of hydrogen-bond acceptors (Lipinski definition) is 7. The van der Waals surface area contributed by atoms with Crippen LogP contribution in [-0.2, 0) is 26.8 Å². The molecule has 0 atom stereocenters. The Labute approximate surface area is 180 Å². The van der Waals surface area contributed by atoms with E-state index >= 15 is 0 Å². The van der Waals surface area contributed by atoms with Crippen molar-refractivity contribution in [3.8, 4) is 11.8 Å². The second kappa shape index (κ2) is 11.3. The fraction of sp³-hybridized carbons (Fsp3) is 0.375. The van der Waals surface area contributed by atoms with E-state index in [2.05, 4.69) is 55.1 Å². The first-order chi connectivity index (χ1) is 12.5. The lowest BCUT2D eigenvalue weighted by Crippen LogP contribution is -2.02. The first-order valence-corrected chi connectivity index (χ1v) is 11.1. The molecule has 2 heterocycles. The molecule has 0 radical (unpaired) electrons. The number of hydrogen-bond donors (Lipinski definition) is 0. The fourth-order valence-corrected chi connectivity index (χ4v) is 3.55. The molecule has 10 heteroatoms. The van der Waals surface area contributed by atoms with Gasteiger partial charge in [-0.2, -0.15) is 0 Å². The Kier molecular flexibility index (Phi) is 9.40. The number of halogens is 2. The molecular formula is C16H18I2N2O5P+. The minimum Gasteiger partial charge on any atom is -0.478 e. The van der Waals surface area contributed by atoms with Gasteiger partial charge < -0.3 is 9.47 Å².